The largest absolute Gasteiger partial charge is 0.384 e. The summed E-state index contributed by atoms with van der Waals surface area (Å²) in [6.45, 7) is 10.9. The fourth-order valence-electron chi connectivity index (χ4n) is 2.98. The van der Waals surface area contributed by atoms with Gasteiger partial charge in [0.2, 0.25) is 6.41 Å². The number of hydrogen-bond acceptors (Lipinski definition) is 5. The average molecular weight is 410 g/mol. The van der Waals surface area contributed by atoms with Crippen molar-refractivity contribution in [1.29, 1.82) is 0 Å². The molecule has 0 radical (unpaired) electrons. The summed E-state index contributed by atoms with van der Waals surface area (Å²) in [5, 5.41) is 18.3. The summed E-state index contributed by atoms with van der Waals surface area (Å²) in [5.41, 5.74) is 3.77. The van der Waals surface area contributed by atoms with E-state index in [-0.39, 0.29) is 0 Å². The lowest BCUT2D eigenvalue weighted by Crippen LogP contribution is -2.26. The van der Waals surface area contributed by atoms with Gasteiger partial charge in [-0.2, -0.15) is 15.0 Å². The Hall–Kier alpha value is -3.06. The van der Waals surface area contributed by atoms with Crippen LogP contribution in [0.3, 0.4) is 0 Å². The van der Waals surface area contributed by atoms with Gasteiger partial charge in [0.25, 0.3) is 0 Å². The molecule has 3 rings (SSSR count). The van der Waals surface area contributed by atoms with Gasteiger partial charge in [-0.1, -0.05) is 36.4 Å². The highest BCUT2D eigenvalue weighted by atomic mass is 16.3. The Morgan fingerprint density at radius 3 is 2.33 bits per heavy atom. The summed E-state index contributed by atoms with van der Waals surface area (Å²) in [4.78, 5) is 18.1. The Kier molecular flexibility index (Phi) is 8.24. The molecule has 0 atom stereocenters. The van der Waals surface area contributed by atoms with E-state index >= 15 is 0 Å². The van der Waals surface area contributed by atoms with E-state index in [0.29, 0.717) is 31.0 Å². The molecule has 3 aromatic rings. The molecule has 2 aromatic heterocycles. The van der Waals surface area contributed by atoms with E-state index in [2.05, 4.69) is 40.3 Å². The normalized spacial score (nSPS) is 10.9. The van der Waals surface area contributed by atoms with Crippen LogP contribution in [0.5, 0.6) is 0 Å². The van der Waals surface area contributed by atoms with Crippen molar-refractivity contribution in [3.8, 4) is 11.3 Å². The zero-order valence-corrected chi connectivity index (χ0v) is 18.4. The van der Waals surface area contributed by atoms with E-state index in [4.69, 9.17) is 0 Å². The highest BCUT2D eigenvalue weighted by molar-refractivity contribution is 5.62. The SMILES string of the molecule is CCN(C=O)CCn1nc(C)c(C(C)(C)O)n1.Cc1cccnc1-c1ccccc1. The highest BCUT2D eigenvalue weighted by Crippen LogP contribution is 2.20. The van der Waals surface area contributed by atoms with Crippen molar-refractivity contribution in [2.75, 3.05) is 13.1 Å². The topological polar surface area (TPSA) is 84.1 Å². The predicted octanol–water partition coefficient (Wildman–Crippen LogP) is 3.35. The van der Waals surface area contributed by atoms with Gasteiger partial charge in [-0.3, -0.25) is 9.78 Å². The molecule has 0 saturated carbocycles. The van der Waals surface area contributed by atoms with Crippen molar-refractivity contribution in [3.63, 3.8) is 0 Å². The molecule has 30 heavy (non-hydrogen) atoms. The lowest BCUT2D eigenvalue weighted by atomic mass is 10.0. The summed E-state index contributed by atoms with van der Waals surface area (Å²) in [7, 11) is 0. The van der Waals surface area contributed by atoms with Crippen LogP contribution >= 0.6 is 0 Å². The van der Waals surface area contributed by atoms with Crippen LogP contribution in [0.15, 0.2) is 48.7 Å². The number of aryl methyl sites for hydroxylation is 2. The number of amides is 1. The van der Waals surface area contributed by atoms with Gasteiger partial charge in [-0.25, -0.2) is 0 Å². The van der Waals surface area contributed by atoms with Gasteiger partial charge in [-0.15, -0.1) is 0 Å². The monoisotopic (exact) mass is 409 g/mol. The molecule has 0 aliphatic heterocycles. The second kappa shape index (κ2) is 10.6. The second-order valence-corrected chi connectivity index (χ2v) is 7.56. The standard InChI is InChI=1S/C12H11N.C11H20N4O2/c1-10-6-5-9-13-12(10)11-7-3-2-4-8-11;1-5-14(8-16)6-7-15-12-9(2)10(13-15)11(3,4)17/h2-9H,1H3;8,17H,5-7H2,1-4H3. The van der Waals surface area contributed by atoms with Gasteiger partial charge in [0.15, 0.2) is 0 Å². The van der Waals surface area contributed by atoms with Crippen molar-refractivity contribution >= 4 is 6.41 Å². The molecule has 7 nitrogen and oxygen atoms in total. The Bertz CT molecular complexity index is 932. The molecule has 0 aliphatic rings. The van der Waals surface area contributed by atoms with Gasteiger partial charge < -0.3 is 10.0 Å². The number of carbonyl (C=O) groups is 1. The van der Waals surface area contributed by atoms with Crippen molar-refractivity contribution in [3.05, 3.63) is 65.6 Å². The molecule has 1 amide bonds. The lowest BCUT2D eigenvalue weighted by Gasteiger charge is -2.14. The maximum Gasteiger partial charge on any atom is 0.209 e. The first-order valence-corrected chi connectivity index (χ1v) is 10.1. The van der Waals surface area contributed by atoms with E-state index in [9.17, 15) is 9.90 Å². The highest BCUT2D eigenvalue weighted by Gasteiger charge is 2.23. The van der Waals surface area contributed by atoms with E-state index in [0.717, 1.165) is 12.1 Å². The number of pyridine rings is 1. The number of benzene rings is 1. The fraction of sp³-hybridized carbons (Fsp3) is 0.391. The molecule has 0 unspecified atom stereocenters. The third kappa shape index (κ3) is 6.49. The summed E-state index contributed by atoms with van der Waals surface area (Å²) in [6, 6.07) is 14.3. The quantitative estimate of drug-likeness (QED) is 0.605. The molecule has 2 heterocycles. The average Bonchev–Trinajstić information content (AvgIpc) is 3.11. The first kappa shape index (κ1) is 23.2. The lowest BCUT2D eigenvalue weighted by molar-refractivity contribution is -0.118. The molecule has 1 N–H and O–H groups in total. The molecule has 0 fully saturated rings. The molecular weight excluding hydrogens is 378 g/mol. The molecule has 7 heteroatoms. The molecule has 160 valence electrons. The zero-order valence-electron chi connectivity index (χ0n) is 18.4. The van der Waals surface area contributed by atoms with Crippen LogP contribution in [-0.4, -0.2) is 49.5 Å². The number of aromatic nitrogens is 4. The minimum absolute atomic E-state index is 0.531. The summed E-state index contributed by atoms with van der Waals surface area (Å²) >= 11 is 0. The van der Waals surface area contributed by atoms with Crippen molar-refractivity contribution in [2.45, 2.75) is 46.8 Å². The first-order valence-electron chi connectivity index (χ1n) is 10.1. The number of aliphatic hydroxyl groups is 1. The zero-order chi connectivity index (χ0) is 22.1. The number of rotatable bonds is 7. The third-order valence-corrected chi connectivity index (χ3v) is 4.60. The Morgan fingerprint density at radius 2 is 1.80 bits per heavy atom. The summed E-state index contributed by atoms with van der Waals surface area (Å²) in [6.07, 6.45) is 2.64. The number of nitrogens with zero attached hydrogens (tertiary/aromatic N) is 5. The maximum absolute atomic E-state index is 10.6. The molecular formula is C23H31N5O2. The predicted molar refractivity (Wildman–Crippen MR) is 118 cm³/mol. The smallest absolute Gasteiger partial charge is 0.209 e. The van der Waals surface area contributed by atoms with Crippen LogP contribution in [0.4, 0.5) is 0 Å². The van der Waals surface area contributed by atoms with Crippen LogP contribution in [0.2, 0.25) is 0 Å². The van der Waals surface area contributed by atoms with Gasteiger partial charge >= 0.3 is 0 Å². The number of hydrogen-bond donors (Lipinski definition) is 1. The second-order valence-electron chi connectivity index (χ2n) is 7.56. The van der Waals surface area contributed by atoms with Gasteiger partial charge in [-0.05, 0) is 46.2 Å². The van der Waals surface area contributed by atoms with E-state index < -0.39 is 5.60 Å². The molecule has 0 aliphatic carbocycles. The maximum atomic E-state index is 10.6. The third-order valence-electron chi connectivity index (χ3n) is 4.60. The first-order chi connectivity index (χ1) is 14.3. The minimum Gasteiger partial charge on any atom is -0.384 e. The van der Waals surface area contributed by atoms with Crippen LogP contribution in [0.1, 0.15) is 37.7 Å². The minimum atomic E-state index is -0.989. The Morgan fingerprint density at radius 1 is 1.10 bits per heavy atom. The van der Waals surface area contributed by atoms with Crippen molar-refractivity contribution in [2.24, 2.45) is 0 Å². The summed E-state index contributed by atoms with van der Waals surface area (Å²) in [5.74, 6) is 0. The molecule has 0 bridgehead atoms. The molecule has 1 aromatic carbocycles. The van der Waals surface area contributed by atoms with E-state index in [1.54, 1.807) is 18.7 Å². The molecule has 0 saturated heterocycles. The van der Waals surface area contributed by atoms with Crippen molar-refractivity contribution < 1.29 is 9.90 Å². The van der Waals surface area contributed by atoms with Gasteiger partial charge in [0.1, 0.15) is 11.3 Å². The Balaban J connectivity index is 0.000000220. The van der Waals surface area contributed by atoms with Gasteiger partial charge in [0, 0.05) is 24.8 Å². The molecule has 0 spiro atoms. The number of likely N-dealkylation sites (N-methyl/N-ethyl adjacent to an activating group) is 1. The van der Waals surface area contributed by atoms with Crippen LogP contribution in [-0.2, 0) is 16.9 Å². The Labute approximate surface area is 178 Å². The summed E-state index contributed by atoms with van der Waals surface area (Å²) < 4.78 is 0. The van der Waals surface area contributed by atoms with Crippen LogP contribution in [0.25, 0.3) is 11.3 Å². The van der Waals surface area contributed by atoms with Crippen molar-refractivity contribution in [1.82, 2.24) is 24.9 Å². The van der Waals surface area contributed by atoms with E-state index in [1.807, 2.05) is 44.3 Å². The van der Waals surface area contributed by atoms with Crippen LogP contribution in [0, 0.1) is 13.8 Å². The fourth-order valence-corrected chi connectivity index (χ4v) is 2.98. The van der Waals surface area contributed by atoms with Gasteiger partial charge in [0.05, 0.1) is 17.9 Å². The number of carbonyl (C=O) groups excluding carboxylic acids is 1. The van der Waals surface area contributed by atoms with E-state index in [1.165, 1.54) is 15.9 Å². The van der Waals surface area contributed by atoms with Crippen LogP contribution < -0.4 is 0 Å².